The van der Waals surface area contributed by atoms with Gasteiger partial charge in [0, 0.05) is 27.2 Å². The van der Waals surface area contributed by atoms with Gasteiger partial charge in [0.1, 0.15) is 0 Å². The van der Waals surface area contributed by atoms with Crippen LogP contribution in [0.4, 0.5) is 0 Å². The molecule has 1 heterocycles. The maximum Gasteiger partial charge on any atom is 0.241 e. The molecule has 0 spiro atoms. The predicted octanol–water partition coefficient (Wildman–Crippen LogP) is 0.949. The zero-order valence-corrected chi connectivity index (χ0v) is 13.5. The third-order valence-electron chi connectivity index (χ3n) is 4.33. The van der Waals surface area contributed by atoms with Crippen molar-refractivity contribution in [2.45, 2.75) is 33.6 Å². The molecule has 1 unspecified atom stereocenters. The number of nitrogens with zero attached hydrogens (tertiary/aromatic N) is 2. The summed E-state index contributed by atoms with van der Waals surface area (Å²) in [5, 5.41) is 3.31. The summed E-state index contributed by atoms with van der Waals surface area (Å²) in [6, 6.07) is 0. The minimum atomic E-state index is -0.345. The molecule has 0 radical (unpaired) electrons. The molecule has 2 amide bonds. The van der Waals surface area contributed by atoms with E-state index >= 15 is 0 Å². The highest BCUT2D eigenvalue weighted by Gasteiger charge is 2.46. The van der Waals surface area contributed by atoms with Crippen LogP contribution in [0.1, 0.15) is 33.6 Å². The van der Waals surface area contributed by atoms with Crippen LogP contribution in [0.3, 0.4) is 0 Å². The second-order valence-electron chi connectivity index (χ2n) is 6.25. The molecule has 0 bridgehead atoms. The first-order chi connectivity index (χ1) is 9.35. The molecule has 0 aromatic heterocycles. The molecule has 0 aliphatic carbocycles. The maximum atomic E-state index is 13.0. The van der Waals surface area contributed by atoms with Crippen molar-refractivity contribution in [3.63, 3.8) is 0 Å². The molecule has 5 nitrogen and oxygen atoms in total. The Morgan fingerprint density at radius 2 is 1.95 bits per heavy atom. The first kappa shape index (κ1) is 17.0. The molecule has 0 aromatic carbocycles. The van der Waals surface area contributed by atoms with E-state index in [4.69, 9.17) is 0 Å². The predicted molar refractivity (Wildman–Crippen MR) is 80.3 cm³/mol. The molecule has 1 saturated heterocycles. The highest BCUT2D eigenvalue weighted by atomic mass is 16.2. The molecular formula is C15H29N3O2. The van der Waals surface area contributed by atoms with Gasteiger partial charge in [0.15, 0.2) is 0 Å². The fourth-order valence-electron chi connectivity index (χ4n) is 2.78. The Morgan fingerprint density at radius 3 is 2.35 bits per heavy atom. The molecule has 0 saturated carbocycles. The Labute approximate surface area is 122 Å². The summed E-state index contributed by atoms with van der Waals surface area (Å²) in [4.78, 5) is 28.2. The lowest BCUT2D eigenvalue weighted by atomic mass is 9.75. The molecule has 0 aromatic rings. The van der Waals surface area contributed by atoms with E-state index in [0.717, 1.165) is 25.9 Å². The van der Waals surface area contributed by atoms with Crippen molar-refractivity contribution in [3.05, 3.63) is 0 Å². The Bertz CT molecular complexity index is 347. The van der Waals surface area contributed by atoms with Gasteiger partial charge in [-0.1, -0.05) is 20.8 Å². The van der Waals surface area contributed by atoms with Gasteiger partial charge >= 0.3 is 0 Å². The third-order valence-corrected chi connectivity index (χ3v) is 4.33. The average Bonchev–Trinajstić information content (AvgIpc) is 2.87. The third kappa shape index (κ3) is 3.51. The molecule has 1 N–H and O–H groups in total. The number of rotatable bonds is 6. The number of likely N-dealkylation sites (N-methyl/N-ethyl adjacent to an activating group) is 1. The molecule has 1 fully saturated rings. The zero-order valence-electron chi connectivity index (χ0n) is 13.5. The van der Waals surface area contributed by atoms with Crippen molar-refractivity contribution < 1.29 is 9.59 Å². The molecule has 1 aliphatic heterocycles. The highest BCUT2D eigenvalue weighted by Crippen LogP contribution is 2.36. The molecule has 1 atom stereocenters. The molecule has 1 rings (SSSR count). The van der Waals surface area contributed by atoms with Crippen LogP contribution in [0.2, 0.25) is 0 Å². The van der Waals surface area contributed by atoms with Crippen molar-refractivity contribution in [3.8, 4) is 0 Å². The maximum absolute atomic E-state index is 13.0. The van der Waals surface area contributed by atoms with Crippen molar-refractivity contribution in [1.29, 1.82) is 0 Å². The molecular weight excluding hydrogens is 254 g/mol. The van der Waals surface area contributed by atoms with Gasteiger partial charge in [-0.25, -0.2) is 0 Å². The molecule has 116 valence electrons. The quantitative estimate of drug-likeness (QED) is 0.789. The summed E-state index contributed by atoms with van der Waals surface area (Å²) in [6.45, 7) is 8.67. The monoisotopic (exact) mass is 283 g/mol. The van der Waals surface area contributed by atoms with E-state index < -0.39 is 0 Å². The minimum absolute atomic E-state index is 0.0170. The van der Waals surface area contributed by atoms with Crippen LogP contribution in [0.5, 0.6) is 0 Å². The van der Waals surface area contributed by atoms with Crippen molar-refractivity contribution in [1.82, 2.24) is 15.1 Å². The van der Waals surface area contributed by atoms with Crippen LogP contribution in [-0.4, -0.2) is 61.9 Å². The summed E-state index contributed by atoms with van der Waals surface area (Å²) in [7, 11) is 3.46. The largest absolute Gasteiger partial charge is 0.347 e. The lowest BCUT2D eigenvalue weighted by Gasteiger charge is -2.36. The van der Waals surface area contributed by atoms with Crippen LogP contribution in [0, 0.1) is 11.3 Å². The van der Waals surface area contributed by atoms with Gasteiger partial charge in [0.05, 0.1) is 12.0 Å². The summed E-state index contributed by atoms with van der Waals surface area (Å²) in [6.07, 6.45) is 1.73. The summed E-state index contributed by atoms with van der Waals surface area (Å²) in [5.41, 5.74) is -0.345. The summed E-state index contributed by atoms with van der Waals surface area (Å²) in [5.74, 6) is 0.394. The van der Waals surface area contributed by atoms with E-state index in [9.17, 15) is 9.59 Å². The van der Waals surface area contributed by atoms with Gasteiger partial charge in [0.2, 0.25) is 11.8 Å². The number of carbonyl (C=O) groups is 2. The average molecular weight is 283 g/mol. The van der Waals surface area contributed by atoms with Gasteiger partial charge < -0.3 is 15.1 Å². The lowest BCUT2D eigenvalue weighted by Crippen LogP contribution is -2.51. The fraction of sp³-hybridized carbons (Fsp3) is 0.867. The van der Waals surface area contributed by atoms with Gasteiger partial charge in [-0.2, -0.15) is 0 Å². The Balaban J connectivity index is 2.89. The van der Waals surface area contributed by atoms with Crippen LogP contribution >= 0.6 is 0 Å². The van der Waals surface area contributed by atoms with Gasteiger partial charge in [0.25, 0.3) is 0 Å². The molecule has 1 aliphatic rings. The van der Waals surface area contributed by atoms with Crippen LogP contribution < -0.4 is 5.32 Å². The van der Waals surface area contributed by atoms with Crippen molar-refractivity contribution in [2.75, 3.05) is 40.3 Å². The first-order valence-electron chi connectivity index (χ1n) is 7.55. The van der Waals surface area contributed by atoms with E-state index in [1.54, 1.807) is 23.9 Å². The SMILES string of the molecule is CCCN(CC(=O)N(C)C)C(=O)C1(C(C)C)CCNC1. The normalized spacial score (nSPS) is 22.1. The first-order valence-corrected chi connectivity index (χ1v) is 7.55. The standard InChI is InChI=1S/C15H29N3O2/c1-6-9-18(10-13(19)17(4)5)14(20)15(12(2)3)7-8-16-11-15/h12,16H,6-11H2,1-5H3. The number of nitrogens with one attached hydrogen (secondary N) is 1. The topological polar surface area (TPSA) is 52.7 Å². The Morgan fingerprint density at radius 1 is 1.30 bits per heavy atom. The van der Waals surface area contributed by atoms with E-state index in [0.29, 0.717) is 6.54 Å². The number of hydrogen-bond donors (Lipinski definition) is 1. The minimum Gasteiger partial charge on any atom is -0.347 e. The lowest BCUT2D eigenvalue weighted by molar-refractivity contribution is -0.148. The van der Waals surface area contributed by atoms with Gasteiger partial charge in [-0.15, -0.1) is 0 Å². The van der Waals surface area contributed by atoms with Crippen molar-refractivity contribution in [2.24, 2.45) is 11.3 Å². The Hall–Kier alpha value is -1.10. The van der Waals surface area contributed by atoms with E-state index in [1.165, 1.54) is 0 Å². The van der Waals surface area contributed by atoms with Gasteiger partial charge in [-0.05, 0) is 25.3 Å². The zero-order chi connectivity index (χ0) is 15.3. The van der Waals surface area contributed by atoms with Gasteiger partial charge in [-0.3, -0.25) is 9.59 Å². The summed E-state index contributed by atoms with van der Waals surface area (Å²) >= 11 is 0. The Kier molecular flexibility index (Phi) is 5.99. The second kappa shape index (κ2) is 7.07. The van der Waals surface area contributed by atoms with Crippen LogP contribution in [0.25, 0.3) is 0 Å². The number of carbonyl (C=O) groups excluding carboxylic acids is 2. The van der Waals surface area contributed by atoms with Crippen molar-refractivity contribution >= 4 is 11.8 Å². The smallest absolute Gasteiger partial charge is 0.241 e. The molecule has 5 heteroatoms. The molecule has 20 heavy (non-hydrogen) atoms. The highest BCUT2D eigenvalue weighted by molar-refractivity contribution is 5.88. The number of hydrogen-bond acceptors (Lipinski definition) is 3. The second-order valence-corrected chi connectivity index (χ2v) is 6.25. The van der Waals surface area contributed by atoms with Crippen LogP contribution in [-0.2, 0) is 9.59 Å². The van der Waals surface area contributed by atoms with Crippen LogP contribution in [0.15, 0.2) is 0 Å². The van der Waals surface area contributed by atoms with E-state index in [-0.39, 0.29) is 29.7 Å². The fourth-order valence-corrected chi connectivity index (χ4v) is 2.78. The van der Waals surface area contributed by atoms with E-state index in [2.05, 4.69) is 19.2 Å². The number of amides is 2. The van der Waals surface area contributed by atoms with E-state index in [1.807, 2.05) is 6.92 Å². The summed E-state index contributed by atoms with van der Waals surface area (Å²) < 4.78 is 0.